The zero-order valence-electron chi connectivity index (χ0n) is 13.4. The van der Waals surface area contributed by atoms with Gasteiger partial charge in [0, 0.05) is 43.1 Å². The van der Waals surface area contributed by atoms with Crippen LogP contribution in [0, 0.1) is 5.82 Å². The zero-order chi connectivity index (χ0) is 16.7. The van der Waals surface area contributed by atoms with Crippen LogP contribution in [0.1, 0.15) is 0 Å². The predicted octanol–water partition coefficient (Wildman–Crippen LogP) is 3.86. The molecule has 120 valence electrons. The summed E-state index contributed by atoms with van der Waals surface area (Å²) in [4.78, 5) is 4.42. The Kier molecular flexibility index (Phi) is 3.30. The molecular weight excluding hydrogens is 305 g/mol. The van der Waals surface area contributed by atoms with Gasteiger partial charge in [0.25, 0.3) is 0 Å². The van der Waals surface area contributed by atoms with Gasteiger partial charge in [0.05, 0.1) is 17.4 Å². The Hall–Kier alpha value is -3.15. The molecule has 24 heavy (non-hydrogen) atoms. The molecular formula is C18H16FN5. The molecule has 6 heteroatoms. The van der Waals surface area contributed by atoms with E-state index in [9.17, 15) is 4.39 Å². The number of fused-ring (bicyclic) bond motifs is 1. The number of nitrogens with zero attached hydrogens (tertiary/aromatic N) is 4. The third-order valence-electron chi connectivity index (χ3n) is 4.06. The lowest BCUT2D eigenvalue weighted by Crippen LogP contribution is -1.95. The molecule has 0 radical (unpaired) electrons. The van der Waals surface area contributed by atoms with Gasteiger partial charge in [-0.05, 0) is 30.3 Å². The second kappa shape index (κ2) is 5.49. The van der Waals surface area contributed by atoms with E-state index >= 15 is 0 Å². The molecule has 1 aromatic carbocycles. The number of nitrogens with one attached hydrogen (secondary N) is 1. The van der Waals surface area contributed by atoms with E-state index in [1.54, 1.807) is 16.9 Å². The number of hydrogen-bond donors (Lipinski definition) is 1. The number of aromatic nitrogens is 4. The van der Waals surface area contributed by atoms with E-state index in [1.807, 2.05) is 38.6 Å². The molecule has 0 bridgehead atoms. The highest BCUT2D eigenvalue weighted by molar-refractivity contribution is 5.95. The zero-order valence-corrected chi connectivity index (χ0v) is 13.4. The normalized spacial score (nSPS) is 11.1. The van der Waals surface area contributed by atoms with Crippen molar-refractivity contribution in [2.75, 3.05) is 5.32 Å². The average molecular weight is 321 g/mol. The monoisotopic (exact) mass is 321 g/mol. The Balaban J connectivity index is 1.82. The van der Waals surface area contributed by atoms with Crippen LogP contribution in [0.3, 0.4) is 0 Å². The van der Waals surface area contributed by atoms with Crippen LogP contribution < -0.4 is 5.32 Å². The molecule has 3 aromatic heterocycles. The second-order valence-corrected chi connectivity index (χ2v) is 5.72. The van der Waals surface area contributed by atoms with Crippen LogP contribution in [-0.2, 0) is 14.1 Å². The molecule has 1 N–H and O–H groups in total. The summed E-state index contributed by atoms with van der Waals surface area (Å²) in [5, 5.41) is 8.41. The van der Waals surface area contributed by atoms with E-state index in [2.05, 4.69) is 26.0 Å². The molecule has 0 fully saturated rings. The van der Waals surface area contributed by atoms with E-state index in [0.717, 1.165) is 22.2 Å². The molecule has 0 aliphatic rings. The Bertz CT molecular complexity index is 1030. The highest BCUT2D eigenvalue weighted by atomic mass is 19.1. The average Bonchev–Trinajstić information content (AvgIpc) is 3.12. The topological polar surface area (TPSA) is 47.7 Å². The molecule has 0 aliphatic heterocycles. The number of halogens is 1. The number of aryl methyl sites for hydroxylation is 2. The maximum atomic E-state index is 13.4. The molecule has 0 spiro atoms. The molecule has 0 amide bonds. The third kappa shape index (κ3) is 2.42. The molecule has 3 heterocycles. The molecule has 0 atom stereocenters. The van der Waals surface area contributed by atoms with E-state index in [1.165, 1.54) is 12.1 Å². The minimum absolute atomic E-state index is 0.281. The molecule has 0 saturated carbocycles. The quantitative estimate of drug-likeness (QED) is 0.623. The van der Waals surface area contributed by atoms with Crippen molar-refractivity contribution >= 4 is 22.4 Å². The van der Waals surface area contributed by atoms with Gasteiger partial charge in [0.15, 0.2) is 0 Å². The van der Waals surface area contributed by atoms with Crippen molar-refractivity contribution in [1.82, 2.24) is 19.3 Å². The van der Waals surface area contributed by atoms with Crippen molar-refractivity contribution in [1.29, 1.82) is 0 Å². The van der Waals surface area contributed by atoms with Crippen LogP contribution >= 0.6 is 0 Å². The summed E-state index contributed by atoms with van der Waals surface area (Å²) in [7, 11) is 3.90. The first-order valence-electron chi connectivity index (χ1n) is 7.58. The summed E-state index contributed by atoms with van der Waals surface area (Å²) in [5.41, 5.74) is 3.80. The van der Waals surface area contributed by atoms with Gasteiger partial charge in [-0.3, -0.25) is 4.68 Å². The first-order valence-corrected chi connectivity index (χ1v) is 7.58. The second-order valence-electron chi connectivity index (χ2n) is 5.72. The van der Waals surface area contributed by atoms with Crippen molar-refractivity contribution in [3.63, 3.8) is 0 Å². The van der Waals surface area contributed by atoms with Gasteiger partial charge in [-0.25, -0.2) is 9.37 Å². The van der Waals surface area contributed by atoms with Gasteiger partial charge >= 0.3 is 0 Å². The highest BCUT2D eigenvalue weighted by Crippen LogP contribution is 2.31. The van der Waals surface area contributed by atoms with Gasteiger partial charge in [-0.2, -0.15) is 5.10 Å². The first-order chi connectivity index (χ1) is 11.6. The molecule has 0 aliphatic carbocycles. The van der Waals surface area contributed by atoms with Gasteiger partial charge in [-0.1, -0.05) is 6.07 Å². The summed E-state index contributed by atoms with van der Waals surface area (Å²) in [6, 6.07) is 10.4. The van der Waals surface area contributed by atoms with Crippen molar-refractivity contribution in [2.45, 2.75) is 0 Å². The van der Waals surface area contributed by atoms with Crippen LogP contribution in [-0.4, -0.2) is 19.3 Å². The van der Waals surface area contributed by atoms with Gasteiger partial charge < -0.3 is 9.88 Å². The minimum Gasteiger partial charge on any atom is -0.343 e. The van der Waals surface area contributed by atoms with E-state index < -0.39 is 0 Å². The lowest BCUT2D eigenvalue weighted by Gasteiger charge is -2.07. The van der Waals surface area contributed by atoms with Crippen molar-refractivity contribution in [3.05, 3.63) is 60.8 Å². The molecule has 4 aromatic rings. The largest absolute Gasteiger partial charge is 0.343 e. The minimum atomic E-state index is -0.281. The van der Waals surface area contributed by atoms with Crippen LogP contribution in [0.15, 0.2) is 55.0 Å². The van der Waals surface area contributed by atoms with Crippen molar-refractivity contribution < 1.29 is 4.39 Å². The summed E-state index contributed by atoms with van der Waals surface area (Å²) < 4.78 is 17.3. The Labute approximate surface area is 138 Å². The van der Waals surface area contributed by atoms with Crippen LogP contribution in [0.4, 0.5) is 15.9 Å². The SMILES string of the molecule is Cn1cc(-c2cc3c(Nc4cccc(F)c4)nccc3n2C)cn1. The lowest BCUT2D eigenvalue weighted by molar-refractivity contribution is 0.628. The van der Waals surface area contributed by atoms with E-state index in [4.69, 9.17) is 0 Å². The van der Waals surface area contributed by atoms with Crippen molar-refractivity contribution in [2.24, 2.45) is 14.1 Å². The van der Waals surface area contributed by atoms with Crippen LogP contribution in [0.2, 0.25) is 0 Å². The summed E-state index contributed by atoms with van der Waals surface area (Å²) in [6.45, 7) is 0. The maximum absolute atomic E-state index is 13.4. The molecule has 0 saturated heterocycles. The highest BCUT2D eigenvalue weighted by Gasteiger charge is 2.13. The fourth-order valence-electron chi connectivity index (χ4n) is 2.89. The van der Waals surface area contributed by atoms with Gasteiger partial charge in [0.1, 0.15) is 11.6 Å². The fraction of sp³-hybridized carbons (Fsp3) is 0.111. The number of pyridine rings is 1. The summed E-state index contributed by atoms with van der Waals surface area (Å²) in [6.07, 6.45) is 5.56. The number of benzene rings is 1. The number of anilines is 2. The van der Waals surface area contributed by atoms with E-state index in [-0.39, 0.29) is 5.82 Å². The smallest absolute Gasteiger partial charge is 0.139 e. The van der Waals surface area contributed by atoms with E-state index in [0.29, 0.717) is 11.5 Å². The molecule has 4 rings (SSSR count). The Morgan fingerprint density at radius 1 is 1.12 bits per heavy atom. The maximum Gasteiger partial charge on any atom is 0.139 e. The van der Waals surface area contributed by atoms with Crippen LogP contribution in [0.25, 0.3) is 22.2 Å². The van der Waals surface area contributed by atoms with Crippen LogP contribution in [0.5, 0.6) is 0 Å². The number of rotatable bonds is 3. The molecule has 5 nitrogen and oxygen atoms in total. The van der Waals surface area contributed by atoms with Gasteiger partial charge in [-0.15, -0.1) is 0 Å². The molecule has 0 unspecified atom stereocenters. The number of hydrogen-bond acceptors (Lipinski definition) is 3. The predicted molar refractivity (Wildman–Crippen MR) is 92.6 cm³/mol. The lowest BCUT2D eigenvalue weighted by atomic mass is 10.2. The summed E-state index contributed by atoms with van der Waals surface area (Å²) >= 11 is 0. The van der Waals surface area contributed by atoms with Crippen molar-refractivity contribution in [3.8, 4) is 11.3 Å². The standard InChI is InChI=1S/C18H16FN5/c1-23-11-12(10-21-23)17-9-15-16(24(17)2)6-7-20-18(15)22-14-5-3-4-13(19)8-14/h3-11H,1-2H3,(H,20,22). The fourth-order valence-corrected chi connectivity index (χ4v) is 2.89. The third-order valence-corrected chi connectivity index (χ3v) is 4.06. The Morgan fingerprint density at radius 3 is 2.75 bits per heavy atom. The first kappa shape index (κ1) is 14.4. The van der Waals surface area contributed by atoms with Gasteiger partial charge in [0.2, 0.25) is 0 Å². The summed E-state index contributed by atoms with van der Waals surface area (Å²) in [5.74, 6) is 0.417. The Morgan fingerprint density at radius 2 is 2.00 bits per heavy atom.